The maximum atomic E-state index is 6.48. The molecule has 0 saturated carbocycles. The predicted molar refractivity (Wildman–Crippen MR) is 90.4 cm³/mol. The van der Waals surface area contributed by atoms with E-state index in [4.69, 9.17) is 4.74 Å². The molecule has 21 heavy (non-hydrogen) atoms. The first-order valence-corrected chi connectivity index (χ1v) is 8.80. The second-order valence-corrected chi connectivity index (χ2v) is 6.90. The van der Waals surface area contributed by atoms with E-state index in [1.807, 2.05) is 11.8 Å². The highest BCUT2D eigenvalue weighted by Crippen LogP contribution is 2.57. The SMILES string of the molecule is CSC1OC(c2ccccc2)(c2ccccc2)C1C(C)C. The summed E-state index contributed by atoms with van der Waals surface area (Å²) in [6, 6.07) is 21.3. The Morgan fingerprint density at radius 3 is 1.76 bits per heavy atom. The number of benzene rings is 2. The van der Waals surface area contributed by atoms with Crippen molar-refractivity contribution in [2.24, 2.45) is 11.8 Å². The van der Waals surface area contributed by atoms with Crippen LogP contribution in [0.5, 0.6) is 0 Å². The van der Waals surface area contributed by atoms with Crippen LogP contribution in [-0.4, -0.2) is 11.7 Å². The van der Waals surface area contributed by atoms with Gasteiger partial charge in [0, 0.05) is 5.92 Å². The van der Waals surface area contributed by atoms with E-state index in [1.165, 1.54) is 11.1 Å². The van der Waals surface area contributed by atoms with Crippen LogP contribution in [0.2, 0.25) is 0 Å². The van der Waals surface area contributed by atoms with Crippen molar-refractivity contribution in [1.29, 1.82) is 0 Å². The van der Waals surface area contributed by atoms with Crippen molar-refractivity contribution in [3.63, 3.8) is 0 Å². The lowest BCUT2D eigenvalue weighted by atomic mass is 9.67. The average Bonchev–Trinajstić information content (AvgIpc) is 2.49. The summed E-state index contributed by atoms with van der Waals surface area (Å²) in [7, 11) is 0. The maximum Gasteiger partial charge on any atom is 0.126 e. The lowest BCUT2D eigenvalue weighted by Gasteiger charge is -2.57. The molecular weight excluding hydrogens is 276 g/mol. The monoisotopic (exact) mass is 298 g/mol. The molecule has 1 saturated heterocycles. The minimum atomic E-state index is -0.301. The van der Waals surface area contributed by atoms with Gasteiger partial charge in [0.25, 0.3) is 0 Å². The molecule has 0 spiro atoms. The van der Waals surface area contributed by atoms with Gasteiger partial charge in [-0.1, -0.05) is 74.5 Å². The topological polar surface area (TPSA) is 9.23 Å². The molecular formula is C19H22OS. The molecule has 2 atom stereocenters. The van der Waals surface area contributed by atoms with E-state index >= 15 is 0 Å². The molecule has 2 aromatic carbocycles. The Balaban J connectivity index is 2.13. The third-order valence-corrected chi connectivity index (χ3v) is 5.27. The van der Waals surface area contributed by atoms with Gasteiger partial charge in [-0.15, -0.1) is 11.8 Å². The highest BCUT2D eigenvalue weighted by molar-refractivity contribution is 7.99. The van der Waals surface area contributed by atoms with Gasteiger partial charge in [-0.25, -0.2) is 0 Å². The summed E-state index contributed by atoms with van der Waals surface area (Å²) in [5.74, 6) is 1.05. The summed E-state index contributed by atoms with van der Waals surface area (Å²) in [5, 5.41) is 0. The lowest BCUT2D eigenvalue weighted by molar-refractivity contribution is -0.220. The minimum absolute atomic E-state index is 0.269. The Bertz CT molecular complexity index is 540. The van der Waals surface area contributed by atoms with Crippen LogP contribution in [0.4, 0.5) is 0 Å². The molecule has 2 heteroatoms. The van der Waals surface area contributed by atoms with Crippen LogP contribution in [0.3, 0.4) is 0 Å². The summed E-state index contributed by atoms with van der Waals surface area (Å²) in [6.07, 6.45) is 2.14. The molecule has 1 heterocycles. The molecule has 1 aliphatic heterocycles. The molecule has 2 unspecified atom stereocenters. The normalized spacial score (nSPS) is 23.8. The molecule has 1 nitrogen and oxygen atoms in total. The van der Waals surface area contributed by atoms with Crippen LogP contribution in [-0.2, 0) is 10.3 Å². The van der Waals surface area contributed by atoms with Gasteiger partial charge in [-0.05, 0) is 23.3 Å². The van der Waals surface area contributed by atoms with E-state index in [2.05, 4.69) is 80.8 Å². The summed E-state index contributed by atoms with van der Waals surface area (Å²) in [4.78, 5) is 0. The molecule has 0 N–H and O–H groups in total. The highest BCUT2D eigenvalue weighted by Gasteiger charge is 2.58. The van der Waals surface area contributed by atoms with Gasteiger partial charge in [0.2, 0.25) is 0 Å². The Hall–Kier alpha value is -1.25. The van der Waals surface area contributed by atoms with Crippen LogP contribution in [0.15, 0.2) is 60.7 Å². The van der Waals surface area contributed by atoms with E-state index in [1.54, 1.807) is 0 Å². The Morgan fingerprint density at radius 1 is 0.905 bits per heavy atom. The second-order valence-electron chi connectivity index (χ2n) is 5.96. The van der Waals surface area contributed by atoms with Crippen molar-refractivity contribution in [1.82, 2.24) is 0 Å². The van der Waals surface area contributed by atoms with Gasteiger partial charge < -0.3 is 4.74 Å². The van der Waals surface area contributed by atoms with Crippen molar-refractivity contribution < 1.29 is 4.74 Å². The number of thioether (sulfide) groups is 1. The Morgan fingerprint density at radius 2 is 1.38 bits per heavy atom. The van der Waals surface area contributed by atoms with Crippen LogP contribution in [0.25, 0.3) is 0 Å². The zero-order chi connectivity index (χ0) is 14.9. The largest absolute Gasteiger partial charge is 0.351 e. The fourth-order valence-electron chi connectivity index (χ4n) is 3.49. The van der Waals surface area contributed by atoms with Gasteiger partial charge in [0.1, 0.15) is 11.0 Å². The molecule has 1 fully saturated rings. The van der Waals surface area contributed by atoms with E-state index < -0.39 is 0 Å². The molecule has 0 aromatic heterocycles. The molecule has 0 amide bonds. The fourth-order valence-corrected chi connectivity index (χ4v) is 4.54. The Labute approximate surface area is 131 Å². The third kappa shape index (κ3) is 2.31. The molecule has 3 rings (SSSR count). The molecule has 0 aliphatic carbocycles. The molecule has 2 aromatic rings. The average molecular weight is 298 g/mol. The fraction of sp³-hybridized carbons (Fsp3) is 0.368. The van der Waals surface area contributed by atoms with E-state index in [0.29, 0.717) is 11.8 Å². The summed E-state index contributed by atoms with van der Waals surface area (Å²) in [5.41, 5.74) is 2.50. The van der Waals surface area contributed by atoms with Crippen LogP contribution in [0.1, 0.15) is 25.0 Å². The van der Waals surface area contributed by atoms with Crippen molar-refractivity contribution in [2.75, 3.05) is 6.26 Å². The summed E-state index contributed by atoms with van der Waals surface area (Å²) in [6.45, 7) is 4.61. The van der Waals surface area contributed by atoms with E-state index in [-0.39, 0.29) is 11.0 Å². The minimum Gasteiger partial charge on any atom is -0.351 e. The van der Waals surface area contributed by atoms with Gasteiger partial charge in [0.05, 0.1) is 0 Å². The first kappa shape index (κ1) is 14.7. The predicted octanol–water partition coefficient (Wildman–Crippen LogP) is 4.92. The van der Waals surface area contributed by atoms with Crippen molar-refractivity contribution in [3.8, 4) is 0 Å². The lowest BCUT2D eigenvalue weighted by Crippen LogP contribution is -2.59. The molecule has 1 aliphatic rings. The van der Waals surface area contributed by atoms with Crippen molar-refractivity contribution in [3.05, 3.63) is 71.8 Å². The van der Waals surface area contributed by atoms with E-state index in [0.717, 1.165) is 0 Å². The first-order chi connectivity index (χ1) is 10.2. The van der Waals surface area contributed by atoms with Crippen LogP contribution < -0.4 is 0 Å². The van der Waals surface area contributed by atoms with Crippen LogP contribution >= 0.6 is 11.8 Å². The molecule has 0 bridgehead atoms. The van der Waals surface area contributed by atoms with Crippen LogP contribution in [0, 0.1) is 11.8 Å². The third-order valence-electron chi connectivity index (χ3n) is 4.42. The summed E-state index contributed by atoms with van der Waals surface area (Å²) >= 11 is 1.82. The zero-order valence-corrected chi connectivity index (χ0v) is 13.6. The number of ether oxygens (including phenoxy) is 1. The number of hydrogen-bond donors (Lipinski definition) is 0. The molecule has 110 valence electrons. The van der Waals surface area contributed by atoms with Gasteiger partial charge >= 0.3 is 0 Å². The Kier molecular flexibility index (Phi) is 4.10. The standard InChI is InChI=1S/C19H22OS/c1-14(2)17-18(21-3)20-19(17,15-10-6-4-7-11-15)16-12-8-5-9-13-16/h4-14,17-18H,1-3H3. The quantitative estimate of drug-likeness (QED) is 0.792. The number of rotatable bonds is 4. The number of hydrogen-bond acceptors (Lipinski definition) is 2. The smallest absolute Gasteiger partial charge is 0.126 e. The van der Waals surface area contributed by atoms with Gasteiger partial charge in [0.15, 0.2) is 0 Å². The van der Waals surface area contributed by atoms with Gasteiger partial charge in [-0.2, -0.15) is 0 Å². The van der Waals surface area contributed by atoms with E-state index in [9.17, 15) is 0 Å². The highest BCUT2D eigenvalue weighted by atomic mass is 32.2. The maximum absolute atomic E-state index is 6.48. The van der Waals surface area contributed by atoms with Crippen molar-refractivity contribution >= 4 is 11.8 Å². The second kappa shape index (κ2) is 5.86. The first-order valence-electron chi connectivity index (χ1n) is 7.52. The molecule has 0 radical (unpaired) electrons. The zero-order valence-electron chi connectivity index (χ0n) is 12.8. The van der Waals surface area contributed by atoms with Crippen molar-refractivity contribution in [2.45, 2.75) is 24.9 Å². The van der Waals surface area contributed by atoms with Gasteiger partial charge in [-0.3, -0.25) is 0 Å². The summed E-state index contributed by atoms with van der Waals surface area (Å²) < 4.78 is 6.48.